The molecule has 1 heterocycles. The van der Waals surface area contributed by atoms with E-state index in [2.05, 4.69) is 5.32 Å². The molecule has 1 saturated heterocycles. The number of likely N-dealkylation sites (tertiary alicyclic amines) is 1. The molecule has 0 radical (unpaired) electrons. The first-order valence-electron chi connectivity index (χ1n) is 7.44. The number of hydrogen-bond acceptors (Lipinski definition) is 4. The third-order valence-electron chi connectivity index (χ3n) is 3.32. The van der Waals surface area contributed by atoms with E-state index in [1.165, 1.54) is 0 Å². The fourth-order valence-corrected chi connectivity index (χ4v) is 2.30. The van der Waals surface area contributed by atoms with Crippen molar-refractivity contribution < 1.29 is 14.3 Å². The van der Waals surface area contributed by atoms with E-state index < -0.39 is 0 Å². The molecule has 1 atom stereocenters. The van der Waals surface area contributed by atoms with E-state index in [0.29, 0.717) is 13.2 Å². The van der Waals surface area contributed by atoms with Crippen molar-refractivity contribution in [2.45, 2.75) is 52.4 Å². The molecule has 1 aliphatic heterocycles. The lowest BCUT2D eigenvalue weighted by Gasteiger charge is -2.22. The first-order chi connectivity index (χ1) is 9.19. The van der Waals surface area contributed by atoms with Gasteiger partial charge in [0.1, 0.15) is 0 Å². The van der Waals surface area contributed by atoms with Crippen LogP contribution in [0.5, 0.6) is 0 Å². The summed E-state index contributed by atoms with van der Waals surface area (Å²) >= 11 is 0. The van der Waals surface area contributed by atoms with E-state index in [9.17, 15) is 4.79 Å². The molecule has 1 fully saturated rings. The van der Waals surface area contributed by atoms with Gasteiger partial charge in [0.05, 0.1) is 6.04 Å². The van der Waals surface area contributed by atoms with Crippen molar-refractivity contribution in [2.24, 2.45) is 0 Å². The van der Waals surface area contributed by atoms with Crippen LogP contribution in [0.25, 0.3) is 0 Å². The monoisotopic (exact) mass is 272 g/mol. The number of hydrogen-bond donors (Lipinski definition) is 1. The smallest absolute Gasteiger partial charge is 0.239 e. The number of carbonyl (C=O) groups is 1. The molecular formula is C14H28N2O3. The van der Waals surface area contributed by atoms with Gasteiger partial charge in [-0.15, -0.1) is 0 Å². The van der Waals surface area contributed by atoms with Gasteiger partial charge in [-0.2, -0.15) is 0 Å². The predicted molar refractivity (Wildman–Crippen MR) is 74.9 cm³/mol. The van der Waals surface area contributed by atoms with Crippen LogP contribution in [-0.2, 0) is 14.3 Å². The largest absolute Gasteiger partial charge is 0.353 e. The molecule has 0 aromatic heterocycles. The zero-order valence-corrected chi connectivity index (χ0v) is 12.5. The van der Waals surface area contributed by atoms with Crippen molar-refractivity contribution in [3.05, 3.63) is 0 Å². The van der Waals surface area contributed by atoms with E-state index in [1.54, 1.807) is 0 Å². The second kappa shape index (κ2) is 9.28. The van der Waals surface area contributed by atoms with Crippen LogP contribution in [0.1, 0.15) is 40.0 Å². The van der Waals surface area contributed by atoms with Crippen molar-refractivity contribution in [1.82, 2.24) is 10.2 Å². The molecule has 1 amide bonds. The van der Waals surface area contributed by atoms with Gasteiger partial charge in [-0.25, -0.2) is 0 Å². The Kier molecular flexibility index (Phi) is 8.02. The Morgan fingerprint density at radius 2 is 1.79 bits per heavy atom. The Balaban J connectivity index is 2.20. The number of ether oxygens (including phenoxy) is 2. The van der Waals surface area contributed by atoms with Crippen LogP contribution in [0.4, 0.5) is 0 Å². The summed E-state index contributed by atoms with van der Waals surface area (Å²) in [6.07, 6.45) is 2.86. The number of nitrogens with zero attached hydrogens (tertiary/aromatic N) is 1. The molecule has 1 unspecified atom stereocenters. The zero-order valence-electron chi connectivity index (χ0n) is 12.5. The van der Waals surface area contributed by atoms with E-state index in [-0.39, 0.29) is 18.2 Å². The summed E-state index contributed by atoms with van der Waals surface area (Å²) in [5.74, 6) is 0.210. The van der Waals surface area contributed by atoms with Crippen LogP contribution in [-0.4, -0.2) is 56.0 Å². The molecule has 0 spiro atoms. The van der Waals surface area contributed by atoms with Crippen molar-refractivity contribution in [3.63, 3.8) is 0 Å². The van der Waals surface area contributed by atoms with Crippen LogP contribution in [0.3, 0.4) is 0 Å². The minimum absolute atomic E-state index is 0.123. The van der Waals surface area contributed by atoms with E-state index in [1.807, 2.05) is 25.7 Å². The highest BCUT2D eigenvalue weighted by Crippen LogP contribution is 2.09. The molecule has 0 saturated carbocycles. The first-order valence-corrected chi connectivity index (χ1v) is 7.44. The van der Waals surface area contributed by atoms with Crippen molar-refractivity contribution in [1.29, 1.82) is 0 Å². The van der Waals surface area contributed by atoms with Gasteiger partial charge in [-0.3, -0.25) is 4.79 Å². The van der Waals surface area contributed by atoms with Gasteiger partial charge in [0, 0.05) is 39.3 Å². The molecule has 0 bridgehead atoms. The van der Waals surface area contributed by atoms with Gasteiger partial charge in [0.25, 0.3) is 0 Å². The van der Waals surface area contributed by atoms with Crippen LogP contribution in [0.2, 0.25) is 0 Å². The fraction of sp³-hybridized carbons (Fsp3) is 0.929. The molecule has 1 rings (SSSR count). The number of nitrogens with one attached hydrogen (secondary N) is 1. The quantitative estimate of drug-likeness (QED) is 0.644. The Labute approximate surface area is 116 Å². The Morgan fingerprint density at radius 3 is 2.32 bits per heavy atom. The number of carbonyl (C=O) groups excluding carboxylic acids is 1. The van der Waals surface area contributed by atoms with E-state index >= 15 is 0 Å². The standard InChI is InChI=1S/C14H28N2O3/c1-4-18-13(19-5-2)8-9-15-12(3)14(17)16-10-6-7-11-16/h12-13,15H,4-11H2,1-3H3. The fourth-order valence-electron chi connectivity index (χ4n) is 2.30. The molecule has 5 heteroatoms. The average Bonchev–Trinajstić information content (AvgIpc) is 2.92. The topological polar surface area (TPSA) is 50.8 Å². The molecular weight excluding hydrogens is 244 g/mol. The van der Waals surface area contributed by atoms with Crippen LogP contribution in [0.15, 0.2) is 0 Å². The second-order valence-corrected chi connectivity index (χ2v) is 4.84. The highest BCUT2D eigenvalue weighted by atomic mass is 16.7. The molecule has 0 aromatic rings. The summed E-state index contributed by atoms with van der Waals surface area (Å²) in [6.45, 7) is 9.68. The van der Waals surface area contributed by atoms with Crippen LogP contribution >= 0.6 is 0 Å². The highest BCUT2D eigenvalue weighted by molar-refractivity contribution is 5.81. The maximum absolute atomic E-state index is 12.1. The molecule has 1 N–H and O–H groups in total. The van der Waals surface area contributed by atoms with Gasteiger partial charge >= 0.3 is 0 Å². The summed E-state index contributed by atoms with van der Waals surface area (Å²) in [4.78, 5) is 14.0. The summed E-state index contributed by atoms with van der Waals surface area (Å²) < 4.78 is 10.9. The Morgan fingerprint density at radius 1 is 1.21 bits per heavy atom. The highest BCUT2D eigenvalue weighted by Gasteiger charge is 2.22. The lowest BCUT2D eigenvalue weighted by molar-refractivity contribution is -0.140. The first kappa shape index (κ1) is 16.4. The summed E-state index contributed by atoms with van der Waals surface area (Å²) in [5.41, 5.74) is 0. The maximum Gasteiger partial charge on any atom is 0.239 e. The lowest BCUT2D eigenvalue weighted by atomic mass is 10.2. The van der Waals surface area contributed by atoms with Gasteiger partial charge in [-0.1, -0.05) is 0 Å². The van der Waals surface area contributed by atoms with Crippen molar-refractivity contribution in [3.8, 4) is 0 Å². The summed E-state index contributed by atoms with van der Waals surface area (Å²) in [6, 6.07) is -0.123. The second-order valence-electron chi connectivity index (χ2n) is 4.84. The molecule has 112 valence electrons. The molecule has 0 aromatic carbocycles. The van der Waals surface area contributed by atoms with Crippen molar-refractivity contribution in [2.75, 3.05) is 32.8 Å². The molecule has 1 aliphatic rings. The third-order valence-corrected chi connectivity index (χ3v) is 3.32. The normalized spacial score (nSPS) is 17.2. The number of rotatable bonds is 9. The Bertz CT molecular complexity index is 249. The van der Waals surface area contributed by atoms with E-state index in [4.69, 9.17) is 9.47 Å². The minimum Gasteiger partial charge on any atom is -0.353 e. The minimum atomic E-state index is -0.170. The SMILES string of the molecule is CCOC(CCNC(C)C(=O)N1CCCC1)OCC. The third kappa shape index (κ3) is 5.89. The maximum atomic E-state index is 12.1. The van der Waals surface area contributed by atoms with E-state index in [0.717, 1.165) is 38.9 Å². The summed E-state index contributed by atoms with van der Waals surface area (Å²) in [5, 5.41) is 3.26. The average molecular weight is 272 g/mol. The van der Waals surface area contributed by atoms with Gasteiger partial charge < -0.3 is 19.7 Å². The molecule has 19 heavy (non-hydrogen) atoms. The van der Waals surface area contributed by atoms with Gasteiger partial charge in [-0.05, 0) is 33.6 Å². The van der Waals surface area contributed by atoms with Gasteiger partial charge in [0.2, 0.25) is 5.91 Å². The number of amides is 1. The lowest BCUT2D eigenvalue weighted by Crippen LogP contribution is -2.44. The Hall–Kier alpha value is -0.650. The molecule has 0 aliphatic carbocycles. The zero-order chi connectivity index (χ0) is 14.1. The van der Waals surface area contributed by atoms with Crippen molar-refractivity contribution >= 4 is 5.91 Å². The van der Waals surface area contributed by atoms with Crippen LogP contribution in [0, 0.1) is 0 Å². The molecule has 5 nitrogen and oxygen atoms in total. The predicted octanol–water partition coefficient (Wildman–Crippen LogP) is 1.38. The van der Waals surface area contributed by atoms with Crippen LogP contribution < -0.4 is 5.32 Å². The van der Waals surface area contributed by atoms with Gasteiger partial charge in [0.15, 0.2) is 6.29 Å². The summed E-state index contributed by atoms with van der Waals surface area (Å²) in [7, 11) is 0.